The fraction of sp³-hybridized carbons (Fsp3) is 0.857. The Balaban J connectivity index is 3.59. The molecule has 54 valence electrons. The van der Waals surface area contributed by atoms with Gasteiger partial charge in [0.2, 0.25) is 0 Å². The summed E-state index contributed by atoms with van der Waals surface area (Å²) in [6.07, 6.45) is 0. The van der Waals surface area contributed by atoms with Crippen molar-refractivity contribution >= 4 is 17.5 Å². The molecule has 0 aliphatic carbocycles. The third-order valence-electron chi connectivity index (χ3n) is 1.36. The van der Waals surface area contributed by atoms with Gasteiger partial charge >= 0.3 is 0 Å². The zero-order valence-corrected chi connectivity index (χ0v) is 7.46. The van der Waals surface area contributed by atoms with Gasteiger partial charge in [0, 0.05) is 18.0 Å². The van der Waals surface area contributed by atoms with Gasteiger partial charge in [0.15, 0.2) is 0 Å². The van der Waals surface area contributed by atoms with E-state index in [0.29, 0.717) is 5.25 Å². The van der Waals surface area contributed by atoms with Crippen molar-refractivity contribution in [3.63, 3.8) is 0 Å². The summed E-state index contributed by atoms with van der Waals surface area (Å²) in [5.41, 5.74) is 1.24. The van der Waals surface area contributed by atoms with Crippen LogP contribution in [0.3, 0.4) is 0 Å². The fourth-order valence-corrected chi connectivity index (χ4v) is 1.40. The van der Waals surface area contributed by atoms with Gasteiger partial charge in [0.25, 0.3) is 0 Å². The van der Waals surface area contributed by atoms with Crippen LogP contribution >= 0.6 is 11.8 Å². The van der Waals surface area contributed by atoms with E-state index in [0.717, 1.165) is 0 Å². The van der Waals surface area contributed by atoms with Crippen molar-refractivity contribution < 1.29 is 0 Å². The van der Waals surface area contributed by atoms with E-state index in [1.165, 1.54) is 11.5 Å². The average Bonchev–Trinajstić information content (AvgIpc) is 1.87. The molecule has 1 nitrogen and oxygen atoms in total. The first-order valence-electron chi connectivity index (χ1n) is 3.27. The molecule has 0 aliphatic heterocycles. The summed E-state index contributed by atoms with van der Waals surface area (Å²) in [4.78, 5) is 4.10. The Morgan fingerprint density at radius 3 is 2.56 bits per heavy atom. The molecule has 2 heteroatoms. The Morgan fingerprint density at radius 1 is 1.67 bits per heavy atom. The molecule has 0 aromatic rings. The Kier molecular flexibility index (Phi) is 4.87. The zero-order valence-electron chi connectivity index (χ0n) is 6.64. The molecule has 0 bridgehead atoms. The highest BCUT2D eigenvalue weighted by molar-refractivity contribution is 8.00. The molecular weight excluding hydrogens is 130 g/mol. The molecule has 0 aromatic heterocycles. The monoisotopic (exact) mass is 145 g/mol. The van der Waals surface area contributed by atoms with Crippen LogP contribution in [-0.4, -0.2) is 23.8 Å². The predicted octanol–water partition coefficient (Wildman–Crippen LogP) is 2.22. The SMILES string of the molecule is CCSC(C)C(C)=NC. The molecule has 0 N–H and O–H groups in total. The lowest BCUT2D eigenvalue weighted by Gasteiger charge is -2.07. The molecule has 0 radical (unpaired) electrons. The van der Waals surface area contributed by atoms with Crippen molar-refractivity contribution in [2.75, 3.05) is 12.8 Å². The maximum atomic E-state index is 4.10. The van der Waals surface area contributed by atoms with Gasteiger partial charge < -0.3 is 0 Å². The predicted molar refractivity (Wildman–Crippen MR) is 46.6 cm³/mol. The third kappa shape index (κ3) is 3.57. The third-order valence-corrected chi connectivity index (χ3v) is 2.53. The standard InChI is InChI=1S/C7H15NS/c1-5-9-7(3)6(2)8-4/h7H,5H2,1-4H3. The highest BCUT2D eigenvalue weighted by Gasteiger charge is 2.01. The minimum absolute atomic E-state index is 0.597. The second-order valence-corrected chi connectivity index (χ2v) is 3.58. The van der Waals surface area contributed by atoms with Crippen LogP contribution < -0.4 is 0 Å². The van der Waals surface area contributed by atoms with Crippen molar-refractivity contribution in [2.45, 2.75) is 26.0 Å². The first kappa shape index (κ1) is 9.02. The smallest absolute Gasteiger partial charge is 0.0395 e. The minimum atomic E-state index is 0.597. The summed E-state index contributed by atoms with van der Waals surface area (Å²) in [5, 5.41) is 0.597. The van der Waals surface area contributed by atoms with Gasteiger partial charge in [-0.1, -0.05) is 6.92 Å². The first-order chi connectivity index (χ1) is 4.22. The molecule has 0 saturated carbocycles. The van der Waals surface area contributed by atoms with E-state index in [9.17, 15) is 0 Å². The molecule has 0 amide bonds. The van der Waals surface area contributed by atoms with Crippen LogP contribution in [0.4, 0.5) is 0 Å². The summed E-state index contributed by atoms with van der Waals surface area (Å²) in [7, 11) is 1.85. The number of hydrogen-bond donors (Lipinski definition) is 0. The lowest BCUT2D eigenvalue weighted by Crippen LogP contribution is -2.08. The second kappa shape index (κ2) is 4.86. The van der Waals surface area contributed by atoms with Gasteiger partial charge in [-0.05, 0) is 19.6 Å². The Morgan fingerprint density at radius 2 is 2.22 bits per heavy atom. The molecule has 9 heavy (non-hydrogen) atoms. The van der Waals surface area contributed by atoms with Crippen molar-refractivity contribution in [2.24, 2.45) is 4.99 Å². The lowest BCUT2D eigenvalue weighted by atomic mass is 10.3. The zero-order chi connectivity index (χ0) is 7.28. The van der Waals surface area contributed by atoms with Crippen molar-refractivity contribution in [1.29, 1.82) is 0 Å². The Labute approximate surface area is 61.9 Å². The van der Waals surface area contributed by atoms with Gasteiger partial charge in [-0.2, -0.15) is 11.8 Å². The van der Waals surface area contributed by atoms with E-state index in [1.54, 1.807) is 0 Å². The van der Waals surface area contributed by atoms with Crippen LogP contribution in [0.1, 0.15) is 20.8 Å². The van der Waals surface area contributed by atoms with Gasteiger partial charge in [0.1, 0.15) is 0 Å². The van der Waals surface area contributed by atoms with Gasteiger partial charge in [-0.15, -0.1) is 0 Å². The topological polar surface area (TPSA) is 12.4 Å². The molecule has 1 unspecified atom stereocenters. The van der Waals surface area contributed by atoms with Crippen LogP contribution in [-0.2, 0) is 0 Å². The van der Waals surface area contributed by atoms with Gasteiger partial charge in [-0.3, -0.25) is 4.99 Å². The molecule has 0 aromatic carbocycles. The number of aliphatic imine (C=N–C) groups is 1. The summed E-state index contributed by atoms with van der Waals surface area (Å²) in [6, 6.07) is 0. The van der Waals surface area contributed by atoms with E-state index in [1.807, 2.05) is 18.8 Å². The Bertz CT molecular complexity index is 99.1. The maximum absolute atomic E-state index is 4.10. The van der Waals surface area contributed by atoms with Crippen LogP contribution in [0.5, 0.6) is 0 Å². The van der Waals surface area contributed by atoms with E-state index < -0.39 is 0 Å². The van der Waals surface area contributed by atoms with Crippen LogP contribution in [0, 0.1) is 0 Å². The van der Waals surface area contributed by atoms with E-state index >= 15 is 0 Å². The van der Waals surface area contributed by atoms with Crippen molar-refractivity contribution in [3.8, 4) is 0 Å². The van der Waals surface area contributed by atoms with Gasteiger partial charge in [-0.25, -0.2) is 0 Å². The van der Waals surface area contributed by atoms with Crippen LogP contribution in [0.15, 0.2) is 4.99 Å². The lowest BCUT2D eigenvalue weighted by molar-refractivity contribution is 1.24. The maximum Gasteiger partial charge on any atom is 0.0395 e. The fourth-order valence-electron chi connectivity index (χ4n) is 0.552. The molecule has 0 fully saturated rings. The Hall–Kier alpha value is 0.0200. The number of hydrogen-bond acceptors (Lipinski definition) is 2. The van der Waals surface area contributed by atoms with Gasteiger partial charge in [0.05, 0.1) is 0 Å². The van der Waals surface area contributed by atoms with Crippen molar-refractivity contribution in [1.82, 2.24) is 0 Å². The molecule has 1 atom stereocenters. The normalized spacial score (nSPS) is 15.8. The summed E-state index contributed by atoms with van der Waals surface area (Å²) >= 11 is 1.93. The summed E-state index contributed by atoms with van der Waals surface area (Å²) < 4.78 is 0. The van der Waals surface area contributed by atoms with Crippen molar-refractivity contribution in [3.05, 3.63) is 0 Å². The van der Waals surface area contributed by atoms with Crippen LogP contribution in [0.25, 0.3) is 0 Å². The molecule has 0 rings (SSSR count). The largest absolute Gasteiger partial charge is 0.297 e. The highest BCUT2D eigenvalue weighted by atomic mass is 32.2. The first-order valence-corrected chi connectivity index (χ1v) is 4.32. The molecule has 0 spiro atoms. The van der Waals surface area contributed by atoms with E-state index in [2.05, 4.69) is 25.8 Å². The quantitative estimate of drug-likeness (QED) is 0.555. The van der Waals surface area contributed by atoms with E-state index in [4.69, 9.17) is 0 Å². The highest BCUT2D eigenvalue weighted by Crippen LogP contribution is 2.10. The average molecular weight is 145 g/mol. The molecular formula is C7H15NS. The molecule has 0 aliphatic rings. The second-order valence-electron chi connectivity index (χ2n) is 1.96. The van der Waals surface area contributed by atoms with Crippen LogP contribution in [0.2, 0.25) is 0 Å². The number of rotatable bonds is 3. The summed E-state index contributed by atoms with van der Waals surface area (Å²) in [5.74, 6) is 1.17. The summed E-state index contributed by atoms with van der Waals surface area (Å²) in [6.45, 7) is 6.44. The molecule has 0 heterocycles. The number of nitrogens with zero attached hydrogens (tertiary/aromatic N) is 1. The van der Waals surface area contributed by atoms with E-state index in [-0.39, 0.29) is 0 Å². The number of thioether (sulfide) groups is 1. The minimum Gasteiger partial charge on any atom is -0.297 e. The molecule has 0 saturated heterocycles.